The van der Waals surface area contributed by atoms with Gasteiger partial charge in [-0.25, -0.2) is 19.6 Å². The van der Waals surface area contributed by atoms with Crippen LogP contribution in [0.5, 0.6) is 0 Å². The maximum Gasteiger partial charge on any atom is 0.434 e. The van der Waals surface area contributed by atoms with E-state index >= 15 is 0 Å². The molecule has 0 aliphatic carbocycles. The van der Waals surface area contributed by atoms with Gasteiger partial charge in [-0.1, -0.05) is 6.07 Å². The molecule has 5 rings (SSSR count). The minimum atomic E-state index is -4.66. The van der Waals surface area contributed by atoms with E-state index in [2.05, 4.69) is 37.4 Å². The molecular formula is C30H32F3N7O4S. The first-order valence-corrected chi connectivity index (χ1v) is 15.1. The van der Waals surface area contributed by atoms with Crippen LogP contribution in [0.15, 0.2) is 46.8 Å². The summed E-state index contributed by atoms with van der Waals surface area (Å²) >= 11 is 0.774. The van der Waals surface area contributed by atoms with Crippen molar-refractivity contribution in [3.63, 3.8) is 0 Å². The number of amides is 2. The van der Waals surface area contributed by atoms with Crippen LogP contribution in [0.2, 0.25) is 0 Å². The Morgan fingerprint density at radius 2 is 1.82 bits per heavy atom. The number of pyridine rings is 2. The Morgan fingerprint density at radius 1 is 1.09 bits per heavy atom. The molecule has 2 amide bonds. The van der Waals surface area contributed by atoms with E-state index in [1.165, 1.54) is 24.5 Å². The molecule has 0 bridgehead atoms. The molecule has 0 radical (unpaired) electrons. The van der Waals surface area contributed by atoms with Gasteiger partial charge < -0.3 is 19.9 Å². The molecule has 0 spiro atoms. The summed E-state index contributed by atoms with van der Waals surface area (Å²) < 4.78 is 42.1. The summed E-state index contributed by atoms with van der Waals surface area (Å²) in [6.45, 7) is 8.23. The number of hydrogen-bond acceptors (Lipinski definition) is 8. The number of urea groups is 1. The number of aromatic nitrogens is 3. The van der Waals surface area contributed by atoms with Crippen molar-refractivity contribution in [2.24, 2.45) is 0 Å². The first kappa shape index (κ1) is 32.1. The molecule has 4 heterocycles. The Hall–Kier alpha value is -4.34. The summed E-state index contributed by atoms with van der Waals surface area (Å²) in [6.07, 6.45) is -1.93. The summed E-state index contributed by atoms with van der Waals surface area (Å²) in [5, 5.41) is 16.1. The van der Waals surface area contributed by atoms with Gasteiger partial charge in [0.2, 0.25) is 5.43 Å². The SMILES string of the molecule is CC(C)NC(=O)Nc1cc(-c2nc(C(F)(F)F)cs2)c(-c2ccc3c(c2)c(=O)c(C(=O)O)cn3CCN2CCN(C)CC2)cn1. The zero-order chi connectivity index (χ0) is 32.5. The molecule has 1 aliphatic heterocycles. The van der Waals surface area contributed by atoms with Gasteiger partial charge in [0.25, 0.3) is 0 Å². The molecule has 1 aromatic carbocycles. The van der Waals surface area contributed by atoms with Crippen LogP contribution in [0.25, 0.3) is 32.6 Å². The van der Waals surface area contributed by atoms with E-state index in [9.17, 15) is 32.7 Å². The number of benzene rings is 1. The van der Waals surface area contributed by atoms with E-state index < -0.39 is 29.3 Å². The first-order valence-electron chi connectivity index (χ1n) is 14.2. The third-order valence-electron chi connectivity index (χ3n) is 7.46. The fraction of sp³-hybridized carbons (Fsp3) is 0.367. The van der Waals surface area contributed by atoms with Gasteiger partial charge in [0, 0.05) is 79.6 Å². The zero-order valence-corrected chi connectivity index (χ0v) is 25.6. The van der Waals surface area contributed by atoms with Crippen molar-refractivity contribution in [1.29, 1.82) is 0 Å². The van der Waals surface area contributed by atoms with E-state index in [0.29, 0.717) is 29.7 Å². The van der Waals surface area contributed by atoms with Gasteiger partial charge in [-0.2, -0.15) is 13.2 Å². The fourth-order valence-corrected chi connectivity index (χ4v) is 5.95. The molecule has 1 saturated heterocycles. The average Bonchev–Trinajstić information content (AvgIpc) is 3.48. The molecule has 3 aromatic heterocycles. The van der Waals surface area contributed by atoms with Crippen LogP contribution in [0.1, 0.15) is 29.9 Å². The summed E-state index contributed by atoms with van der Waals surface area (Å²) in [6, 6.07) is 5.61. The van der Waals surface area contributed by atoms with Gasteiger partial charge in [0.15, 0.2) is 5.69 Å². The Labute approximate surface area is 260 Å². The molecule has 4 aromatic rings. The quantitative estimate of drug-likeness (QED) is 0.252. The molecule has 238 valence electrons. The second kappa shape index (κ2) is 12.9. The molecule has 0 atom stereocenters. The summed E-state index contributed by atoms with van der Waals surface area (Å²) in [4.78, 5) is 50.3. The molecule has 11 nitrogen and oxygen atoms in total. The fourth-order valence-electron chi connectivity index (χ4n) is 5.10. The largest absolute Gasteiger partial charge is 0.477 e. The summed E-state index contributed by atoms with van der Waals surface area (Å²) in [5.41, 5.74) is -0.603. The Kier molecular flexibility index (Phi) is 9.23. The molecule has 15 heteroatoms. The van der Waals surface area contributed by atoms with Crippen LogP contribution in [0, 0.1) is 0 Å². The van der Waals surface area contributed by atoms with Gasteiger partial charge in [-0.05, 0) is 44.7 Å². The van der Waals surface area contributed by atoms with Crippen LogP contribution < -0.4 is 16.1 Å². The van der Waals surface area contributed by atoms with Crippen LogP contribution in [-0.2, 0) is 12.7 Å². The van der Waals surface area contributed by atoms with Crippen LogP contribution in [0.4, 0.5) is 23.8 Å². The number of carboxylic acid groups (broad SMARTS) is 1. The number of nitrogens with zero attached hydrogens (tertiary/aromatic N) is 5. The van der Waals surface area contributed by atoms with Gasteiger partial charge >= 0.3 is 18.2 Å². The van der Waals surface area contributed by atoms with E-state index in [1.54, 1.807) is 30.5 Å². The first-order chi connectivity index (χ1) is 21.3. The zero-order valence-electron chi connectivity index (χ0n) is 24.8. The van der Waals surface area contributed by atoms with Crippen molar-refractivity contribution in [2.45, 2.75) is 32.6 Å². The lowest BCUT2D eigenvalue weighted by molar-refractivity contribution is -0.140. The van der Waals surface area contributed by atoms with Crippen molar-refractivity contribution < 1.29 is 27.9 Å². The van der Waals surface area contributed by atoms with Crippen LogP contribution in [0.3, 0.4) is 0 Å². The van der Waals surface area contributed by atoms with E-state index in [0.717, 1.165) is 42.9 Å². The predicted molar refractivity (Wildman–Crippen MR) is 166 cm³/mol. The molecule has 3 N–H and O–H groups in total. The number of likely N-dealkylation sites (N-methyl/N-ethyl adjacent to an activating group) is 1. The van der Waals surface area contributed by atoms with Crippen molar-refractivity contribution in [3.8, 4) is 21.7 Å². The number of aromatic carboxylic acids is 1. The van der Waals surface area contributed by atoms with Gasteiger partial charge in [0.1, 0.15) is 16.4 Å². The van der Waals surface area contributed by atoms with Gasteiger partial charge in [0.05, 0.1) is 5.52 Å². The number of fused-ring (bicyclic) bond motifs is 1. The number of carbonyl (C=O) groups excluding carboxylic acids is 1. The van der Waals surface area contributed by atoms with E-state index in [1.807, 2.05) is 0 Å². The van der Waals surface area contributed by atoms with Crippen molar-refractivity contribution in [1.82, 2.24) is 29.7 Å². The van der Waals surface area contributed by atoms with E-state index in [4.69, 9.17) is 0 Å². The number of carbonyl (C=O) groups is 2. The van der Waals surface area contributed by atoms with E-state index in [-0.39, 0.29) is 33.4 Å². The average molecular weight is 644 g/mol. The highest BCUT2D eigenvalue weighted by Gasteiger charge is 2.34. The number of piperazine rings is 1. The van der Waals surface area contributed by atoms with Gasteiger partial charge in [-0.15, -0.1) is 11.3 Å². The second-order valence-corrected chi connectivity index (χ2v) is 12.0. The maximum absolute atomic E-state index is 13.4. The number of hydrogen-bond donors (Lipinski definition) is 3. The highest BCUT2D eigenvalue weighted by molar-refractivity contribution is 7.13. The van der Waals surface area contributed by atoms with Crippen LogP contribution in [-0.4, -0.2) is 87.3 Å². The van der Waals surface area contributed by atoms with Crippen molar-refractivity contribution in [3.05, 3.63) is 63.5 Å². The number of anilines is 1. The van der Waals surface area contributed by atoms with Crippen molar-refractivity contribution >= 4 is 40.1 Å². The minimum absolute atomic E-state index is 0.0241. The predicted octanol–water partition coefficient (Wildman–Crippen LogP) is 4.68. The third-order valence-corrected chi connectivity index (χ3v) is 8.34. The lowest BCUT2D eigenvalue weighted by Gasteiger charge is -2.32. The Balaban J connectivity index is 1.59. The Morgan fingerprint density at radius 3 is 2.47 bits per heavy atom. The van der Waals surface area contributed by atoms with Crippen LogP contribution >= 0.6 is 11.3 Å². The highest BCUT2D eigenvalue weighted by atomic mass is 32.1. The molecule has 45 heavy (non-hydrogen) atoms. The Bertz CT molecular complexity index is 1800. The molecule has 0 unspecified atom stereocenters. The molecule has 0 saturated carbocycles. The number of alkyl halides is 3. The van der Waals surface area contributed by atoms with Gasteiger partial charge in [-0.3, -0.25) is 15.0 Å². The second-order valence-electron chi connectivity index (χ2n) is 11.2. The standard InChI is InChI=1S/C30H32F3N7O4S/c1-17(2)35-29(44)37-25-13-19(27-36-24(16-45-27)30(31,32)33)21(14-34-25)18-4-5-23-20(12-18)26(41)22(28(42)43)15-40(23)11-10-39-8-6-38(3)7-9-39/h4-5,12-17H,6-11H2,1-3H3,(H,42,43)(H2,34,35,37,44). The summed E-state index contributed by atoms with van der Waals surface area (Å²) in [5.74, 6) is -1.28. The normalized spacial score (nSPS) is 14.6. The molecule has 1 fully saturated rings. The lowest BCUT2D eigenvalue weighted by atomic mass is 9.99. The monoisotopic (exact) mass is 643 g/mol. The topological polar surface area (TPSA) is 133 Å². The molecule has 1 aliphatic rings. The lowest BCUT2D eigenvalue weighted by Crippen LogP contribution is -2.45. The molecular weight excluding hydrogens is 611 g/mol. The smallest absolute Gasteiger partial charge is 0.434 e. The number of carboxylic acids is 1. The van der Waals surface area contributed by atoms with Crippen molar-refractivity contribution in [2.75, 3.05) is 45.1 Å². The minimum Gasteiger partial charge on any atom is -0.477 e. The number of rotatable bonds is 8. The number of halogens is 3. The highest BCUT2D eigenvalue weighted by Crippen LogP contribution is 2.39. The number of thiazole rings is 1. The third kappa shape index (κ3) is 7.32. The summed E-state index contributed by atoms with van der Waals surface area (Å²) in [7, 11) is 2.06. The maximum atomic E-state index is 13.4. The number of nitrogens with one attached hydrogen (secondary N) is 2.